The quantitative estimate of drug-likeness (QED) is 0.616. The summed E-state index contributed by atoms with van der Waals surface area (Å²) in [6, 6.07) is 9.23. The van der Waals surface area contributed by atoms with Gasteiger partial charge in [-0.2, -0.15) is 0 Å². The first kappa shape index (κ1) is 12.9. The summed E-state index contributed by atoms with van der Waals surface area (Å²) >= 11 is 0. The van der Waals surface area contributed by atoms with Gasteiger partial charge in [0.15, 0.2) is 5.78 Å². The van der Waals surface area contributed by atoms with Gasteiger partial charge in [-0.1, -0.05) is 58.0 Å². The molecule has 0 aliphatic rings. The van der Waals surface area contributed by atoms with E-state index in [1.165, 1.54) is 0 Å². The molecule has 14 heavy (non-hydrogen) atoms. The molecule has 0 unspecified atom stereocenters. The fraction of sp³-hybridized carbons (Fsp3) is 0.462. The van der Waals surface area contributed by atoms with Gasteiger partial charge in [0.05, 0.1) is 0 Å². The monoisotopic (exact) mass is 192 g/mol. The molecule has 0 aliphatic carbocycles. The molecule has 0 amide bonds. The maximum absolute atomic E-state index is 10.6. The van der Waals surface area contributed by atoms with Crippen LogP contribution in [-0.2, 0) is 0 Å². The Morgan fingerprint density at radius 3 is 1.57 bits per heavy atom. The third-order valence-electron chi connectivity index (χ3n) is 1.18. The predicted molar refractivity (Wildman–Crippen MR) is 61.6 cm³/mol. The highest BCUT2D eigenvalue weighted by atomic mass is 16.1. The number of carbonyl (C=O) groups is 1. The topological polar surface area (TPSA) is 17.1 Å². The van der Waals surface area contributed by atoms with Gasteiger partial charge in [-0.25, -0.2) is 0 Å². The number of benzene rings is 1. The van der Waals surface area contributed by atoms with Gasteiger partial charge in [-0.3, -0.25) is 4.79 Å². The molecule has 0 aromatic heterocycles. The van der Waals surface area contributed by atoms with Crippen LogP contribution in [0.4, 0.5) is 0 Å². The summed E-state index contributed by atoms with van der Waals surface area (Å²) in [6.07, 6.45) is 0. The molecule has 0 fully saturated rings. The van der Waals surface area contributed by atoms with E-state index in [1.807, 2.05) is 30.3 Å². The molecule has 1 rings (SSSR count). The van der Waals surface area contributed by atoms with Crippen molar-refractivity contribution >= 4 is 5.78 Å². The fourth-order valence-electron chi connectivity index (χ4n) is 0.673. The smallest absolute Gasteiger partial charge is 0.159 e. The molecule has 0 spiro atoms. The van der Waals surface area contributed by atoms with Crippen LogP contribution in [-0.4, -0.2) is 5.78 Å². The van der Waals surface area contributed by atoms with Crippen LogP contribution in [0, 0.1) is 5.41 Å². The molecule has 0 atom stereocenters. The van der Waals surface area contributed by atoms with Gasteiger partial charge in [-0.05, 0) is 12.3 Å². The zero-order valence-electron chi connectivity index (χ0n) is 9.79. The highest BCUT2D eigenvalue weighted by molar-refractivity contribution is 5.93. The van der Waals surface area contributed by atoms with E-state index in [0.717, 1.165) is 5.56 Å². The lowest BCUT2D eigenvalue weighted by molar-refractivity contribution is 0.101. The molecule has 0 heterocycles. The minimum absolute atomic E-state index is 0.121. The van der Waals surface area contributed by atoms with E-state index in [-0.39, 0.29) is 5.78 Å². The van der Waals surface area contributed by atoms with E-state index >= 15 is 0 Å². The fourth-order valence-corrected chi connectivity index (χ4v) is 0.673. The molecule has 1 aromatic rings. The Kier molecular flexibility index (Phi) is 5.14. The second kappa shape index (κ2) is 5.58. The van der Waals surface area contributed by atoms with Gasteiger partial charge in [-0.15, -0.1) is 0 Å². The minimum Gasteiger partial charge on any atom is -0.295 e. The lowest BCUT2D eigenvalue weighted by Crippen LogP contribution is -1.93. The van der Waals surface area contributed by atoms with Gasteiger partial charge in [0.1, 0.15) is 0 Å². The standard InChI is InChI=1S/C8H8O.C5H12/c1-7(9)8-5-3-2-4-6-8;1-5(2,3)4/h2-6H,1H3;1-4H3. The van der Waals surface area contributed by atoms with Crippen molar-refractivity contribution < 1.29 is 4.79 Å². The van der Waals surface area contributed by atoms with E-state index in [1.54, 1.807) is 6.92 Å². The van der Waals surface area contributed by atoms with E-state index in [2.05, 4.69) is 27.7 Å². The Morgan fingerprint density at radius 1 is 1.00 bits per heavy atom. The average molecular weight is 192 g/mol. The number of carbonyl (C=O) groups excluding carboxylic acids is 1. The molecule has 1 aromatic carbocycles. The zero-order valence-corrected chi connectivity index (χ0v) is 9.79. The summed E-state index contributed by atoms with van der Waals surface area (Å²) in [6.45, 7) is 10.3. The first-order valence-corrected chi connectivity index (χ1v) is 4.86. The molecular formula is C13H20O. The predicted octanol–water partition coefficient (Wildman–Crippen LogP) is 3.94. The van der Waals surface area contributed by atoms with Crippen LogP contribution in [0.15, 0.2) is 30.3 Å². The molecule has 1 heteroatoms. The minimum atomic E-state index is 0.121. The van der Waals surface area contributed by atoms with Crippen molar-refractivity contribution in [2.45, 2.75) is 34.6 Å². The molecule has 1 nitrogen and oxygen atoms in total. The van der Waals surface area contributed by atoms with E-state index in [0.29, 0.717) is 5.41 Å². The van der Waals surface area contributed by atoms with Crippen LogP contribution in [0.25, 0.3) is 0 Å². The van der Waals surface area contributed by atoms with Crippen LogP contribution < -0.4 is 0 Å². The normalized spacial score (nSPS) is 10.1. The lowest BCUT2D eigenvalue weighted by Gasteiger charge is -2.05. The van der Waals surface area contributed by atoms with Gasteiger partial charge in [0.25, 0.3) is 0 Å². The first-order valence-electron chi connectivity index (χ1n) is 4.86. The van der Waals surface area contributed by atoms with Crippen molar-refractivity contribution in [1.82, 2.24) is 0 Å². The molecule has 78 valence electrons. The Bertz CT molecular complexity index is 261. The third-order valence-corrected chi connectivity index (χ3v) is 1.18. The first-order chi connectivity index (χ1) is 6.30. The van der Waals surface area contributed by atoms with E-state index < -0.39 is 0 Å². The Balaban J connectivity index is 0.000000292. The summed E-state index contributed by atoms with van der Waals surface area (Å²) in [5.74, 6) is 0.121. The van der Waals surface area contributed by atoms with Crippen molar-refractivity contribution in [2.24, 2.45) is 5.41 Å². The SMILES string of the molecule is CC(=O)c1ccccc1.CC(C)(C)C. The van der Waals surface area contributed by atoms with Crippen molar-refractivity contribution in [2.75, 3.05) is 0 Å². The highest BCUT2D eigenvalue weighted by Crippen LogP contribution is 2.08. The number of hydrogen-bond acceptors (Lipinski definition) is 1. The molecule has 0 saturated heterocycles. The largest absolute Gasteiger partial charge is 0.295 e. The Morgan fingerprint density at radius 2 is 1.36 bits per heavy atom. The number of ketones is 1. The highest BCUT2D eigenvalue weighted by Gasteiger charge is 1.95. The zero-order chi connectivity index (χ0) is 11.2. The van der Waals surface area contributed by atoms with Crippen LogP contribution >= 0.6 is 0 Å². The van der Waals surface area contributed by atoms with Crippen molar-refractivity contribution in [3.8, 4) is 0 Å². The van der Waals surface area contributed by atoms with Gasteiger partial charge in [0.2, 0.25) is 0 Å². The molecule has 0 aliphatic heterocycles. The van der Waals surface area contributed by atoms with Crippen LogP contribution in [0.2, 0.25) is 0 Å². The third kappa shape index (κ3) is 8.98. The summed E-state index contributed by atoms with van der Waals surface area (Å²) in [5.41, 5.74) is 1.28. The molecule has 0 bridgehead atoms. The average Bonchev–Trinajstić information content (AvgIpc) is 2.03. The maximum Gasteiger partial charge on any atom is 0.159 e. The van der Waals surface area contributed by atoms with E-state index in [9.17, 15) is 4.79 Å². The van der Waals surface area contributed by atoms with Crippen LogP contribution in [0.3, 0.4) is 0 Å². The Hall–Kier alpha value is -1.11. The molecule has 0 saturated carbocycles. The summed E-state index contributed by atoms with van der Waals surface area (Å²) in [4.78, 5) is 10.6. The number of Topliss-reactive ketones (excluding diaryl/α,β-unsaturated/α-hetero) is 1. The summed E-state index contributed by atoms with van der Waals surface area (Å²) in [5, 5.41) is 0. The maximum atomic E-state index is 10.6. The van der Waals surface area contributed by atoms with Crippen molar-refractivity contribution in [3.05, 3.63) is 35.9 Å². The van der Waals surface area contributed by atoms with Gasteiger partial charge >= 0.3 is 0 Å². The molecule has 0 radical (unpaired) electrons. The number of rotatable bonds is 1. The second-order valence-corrected chi connectivity index (χ2v) is 4.92. The van der Waals surface area contributed by atoms with Crippen LogP contribution in [0.5, 0.6) is 0 Å². The van der Waals surface area contributed by atoms with Crippen molar-refractivity contribution in [1.29, 1.82) is 0 Å². The second-order valence-electron chi connectivity index (χ2n) is 4.92. The van der Waals surface area contributed by atoms with Gasteiger partial charge < -0.3 is 0 Å². The summed E-state index contributed by atoms with van der Waals surface area (Å²) < 4.78 is 0. The van der Waals surface area contributed by atoms with Crippen LogP contribution in [0.1, 0.15) is 45.0 Å². The molecular weight excluding hydrogens is 172 g/mol. The van der Waals surface area contributed by atoms with Crippen molar-refractivity contribution in [3.63, 3.8) is 0 Å². The van der Waals surface area contributed by atoms with Gasteiger partial charge in [0, 0.05) is 5.56 Å². The van der Waals surface area contributed by atoms with E-state index in [4.69, 9.17) is 0 Å². The number of hydrogen-bond donors (Lipinski definition) is 0. The Labute approximate surface area is 87.2 Å². The molecule has 0 N–H and O–H groups in total. The lowest BCUT2D eigenvalue weighted by atomic mass is 10.0. The summed E-state index contributed by atoms with van der Waals surface area (Å²) in [7, 11) is 0.